The number of thioether (sulfide) groups is 1. The Kier molecular flexibility index (Phi) is 8.26. The van der Waals surface area contributed by atoms with Gasteiger partial charge < -0.3 is 5.11 Å². The number of allylic oxidation sites excluding steroid dienone is 2. The highest BCUT2D eigenvalue weighted by atomic mass is 32.2. The van der Waals surface area contributed by atoms with Crippen LogP contribution in [0.25, 0.3) is 0 Å². The number of aliphatic hydroxyl groups is 1. The van der Waals surface area contributed by atoms with E-state index in [-0.39, 0.29) is 6.10 Å². The molecule has 1 nitrogen and oxygen atoms in total. The second kappa shape index (κ2) is 8.39. The largest absolute Gasteiger partial charge is 0.393 e. The zero-order valence-corrected chi connectivity index (χ0v) is 9.44. The van der Waals surface area contributed by atoms with Gasteiger partial charge in [0.1, 0.15) is 0 Å². The van der Waals surface area contributed by atoms with E-state index in [2.05, 4.69) is 12.7 Å². The van der Waals surface area contributed by atoms with Crippen molar-refractivity contribution in [1.29, 1.82) is 0 Å². The van der Waals surface area contributed by atoms with Crippen molar-refractivity contribution in [2.24, 2.45) is 0 Å². The minimum absolute atomic E-state index is 0.152. The van der Waals surface area contributed by atoms with Crippen LogP contribution < -0.4 is 0 Å². The molecule has 1 N–H and O–H groups in total. The molecule has 0 aromatic rings. The highest BCUT2D eigenvalue weighted by Crippen LogP contribution is 2.11. The van der Waals surface area contributed by atoms with Crippen molar-refractivity contribution in [3.8, 4) is 0 Å². The van der Waals surface area contributed by atoms with Crippen LogP contribution in [0.4, 0.5) is 0 Å². The molecule has 1 atom stereocenters. The van der Waals surface area contributed by atoms with Crippen LogP contribution >= 0.6 is 11.8 Å². The molecule has 76 valence electrons. The molecule has 0 aromatic carbocycles. The van der Waals surface area contributed by atoms with Gasteiger partial charge in [-0.05, 0) is 38.0 Å². The lowest BCUT2D eigenvalue weighted by Gasteiger charge is -2.04. The quantitative estimate of drug-likeness (QED) is 0.503. The van der Waals surface area contributed by atoms with Gasteiger partial charge in [0.05, 0.1) is 6.10 Å². The molecular formula is C11H20OS. The first-order valence-corrected chi connectivity index (χ1v) is 5.89. The molecule has 0 aliphatic rings. The van der Waals surface area contributed by atoms with Gasteiger partial charge in [0.2, 0.25) is 0 Å². The Morgan fingerprint density at radius 3 is 2.77 bits per heavy atom. The Balaban J connectivity index is 3.30. The van der Waals surface area contributed by atoms with E-state index >= 15 is 0 Å². The summed E-state index contributed by atoms with van der Waals surface area (Å²) in [4.78, 5) is 0. The van der Waals surface area contributed by atoms with Gasteiger partial charge in [-0.25, -0.2) is 0 Å². The molecule has 0 aliphatic carbocycles. The summed E-state index contributed by atoms with van der Waals surface area (Å²) in [5, 5.41) is 9.02. The van der Waals surface area contributed by atoms with Gasteiger partial charge in [-0.15, -0.1) is 0 Å². The topological polar surface area (TPSA) is 20.2 Å². The highest BCUT2D eigenvalue weighted by Gasteiger charge is 1.96. The molecule has 0 saturated carbocycles. The summed E-state index contributed by atoms with van der Waals surface area (Å²) in [6.45, 7) is 7.61. The Morgan fingerprint density at radius 2 is 2.31 bits per heavy atom. The van der Waals surface area contributed by atoms with Gasteiger partial charge in [0.25, 0.3) is 0 Å². The predicted octanol–water partition coefficient (Wildman–Crippen LogP) is 3.01. The van der Waals surface area contributed by atoms with E-state index < -0.39 is 0 Å². The monoisotopic (exact) mass is 200 g/mol. The summed E-state index contributed by atoms with van der Waals surface area (Å²) < 4.78 is 0. The third kappa shape index (κ3) is 8.13. The Morgan fingerprint density at radius 1 is 1.62 bits per heavy atom. The van der Waals surface area contributed by atoms with Crippen LogP contribution in [0.2, 0.25) is 0 Å². The maximum Gasteiger partial charge on any atom is 0.0512 e. The SMILES string of the molecule is C=C/C(=C\C)CSCCCC(C)O. The summed E-state index contributed by atoms with van der Waals surface area (Å²) in [5.74, 6) is 2.16. The third-order valence-corrected chi connectivity index (χ3v) is 2.93. The van der Waals surface area contributed by atoms with Crippen molar-refractivity contribution < 1.29 is 5.11 Å². The Bertz CT molecular complexity index is 161. The first kappa shape index (κ1) is 12.8. The molecule has 0 radical (unpaired) electrons. The van der Waals surface area contributed by atoms with Gasteiger partial charge >= 0.3 is 0 Å². The van der Waals surface area contributed by atoms with Crippen LogP contribution in [-0.2, 0) is 0 Å². The molecule has 0 saturated heterocycles. The lowest BCUT2D eigenvalue weighted by molar-refractivity contribution is 0.184. The van der Waals surface area contributed by atoms with Crippen molar-refractivity contribution in [1.82, 2.24) is 0 Å². The minimum atomic E-state index is -0.152. The highest BCUT2D eigenvalue weighted by molar-refractivity contribution is 7.99. The fraction of sp³-hybridized carbons (Fsp3) is 0.636. The van der Waals surface area contributed by atoms with E-state index in [4.69, 9.17) is 5.11 Å². The van der Waals surface area contributed by atoms with Gasteiger partial charge in [-0.2, -0.15) is 11.8 Å². The number of hydrogen-bond donors (Lipinski definition) is 1. The van der Waals surface area contributed by atoms with Crippen LogP contribution in [-0.4, -0.2) is 22.7 Å². The molecule has 0 heterocycles. The average Bonchev–Trinajstić information content (AvgIpc) is 2.11. The van der Waals surface area contributed by atoms with E-state index in [0.717, 1.165) is 24.3 Å². The fourth-order valence-corrected chi connectivity index (χ4v) is 1.97. The summed E-state index contributed by atoms with van der Waals surface area (Å²) in [5.41, 5.74) is 1.29. The normalized spacial score (nSPS) is 14.2. The molecule has 0 rings (SSSR count). The second-order valence-corrected chi connectivity index (χ2v) is 4.22. The molecule has 13 heavy (non-hydrogen) atoms. The molecule has 0 bridgehead atoms. The molecule has 0 aromatic heterocycles. The van der Waals surface area contributed by atoms with Crippen molar-refractivity contribution >= 4 is 11.8 Å². The zero-order chi connectivity index (χ0) is 10.1. The molecule has 1 unspecified atom stereocenters. The summed E-state index contributed by atoms with van der Waals surface area (Å²) in [7, 11) is 0. The van der Waals surface area contributed by atoms with E-state index in [1.54, 1.807) is 0 Å². The van der Waals surface area contributed by atoms with E-state index in [1.165, 1.54) is 5.57 Å². The Labute approximate surface area is 85.9 Å². The van der Waals surface area contributed by atoms with Crippen LogP contribution in [0.15, 0.2) is 24.3 Å². The number of aliphatic hydroxyl groups excluding tert-OH is 1. The summed E-state index contributed by atoms with van der Waals surface area (Å²) in [6.07, 6.45) is 5.85. The fourth-order valence-electron chi connectivity index (χ4n) is 0.931. The van der Waals surface area contributed by atoms with Crippen molar-refractivity contribution in [2.75, 3.05) is 11.5 Å². The molecule has 2 heteroatoms. The zero-order valence-electron chi connectivity index (χ0n) is 8.62. The van der Waals surface area contributed by atoms with E-state index in [1.807, 2.05) is 31.7 Å². The first-order chi connectivity index (χ1) is 6.20. The first-order valence-electron chi connectivity index (χ1n) is 4.74. The lowest BCUT2D eigenvalue weighted by atomic mass is 10.2. The summed E-state index contributed by atoms with van der Waals surface area (Å²) >= 11 is 1.90. The molecule has 0 aliphatic heterocycles. The minimum Gasteiger partial charge on any atom is -0.393 e. The van der Waals surface area contributed by atoms with Gasteiger partial charge in [-0.3, -0.25) is 0 Å². The van der Waals surface area contributed by atoms with Gasteiger partial charge in [-0.1, -0.05) is 18.7 Å². The lowest BCUT2D eigenvalue weighted by Crippen LogP contribution is -1.99. The van der Waals surface area contributed by atoms with E-state index in [9.17, 15) is 0 Å². The van der Waals surface area contributed by atoms with Crippen LogP contribution in [0, 0.1) is 0 Å². The Hall–Kier alpha value is -0.210. The van der Waals surface area contributed by atoms with Crippen LogP contribution in [0.1, 0.15) is 26.7 Å². The van der Waals surface area contributed by atoms with Crippen molar-refractivity contribution in [3.63, 3.8) is 0 Å². The van der Waals surface area contributed by atoms with Gasteiger partial charge in [0.15, 0.2) is 0 Å². The van der Waals surface area contributed by atoms with Crippen molar-refractivity contribution in [2.45, 2.75) is 32.8 Å². The average molecular weight is 200 g/mol. The standard InChI is InChI=1S/C11H20OS/c1-4-11(5-2)9-13-8-6-7-10(3)12/h4-5,10,12H,1,6-9H2,2-3H3/b11-5+. The maximum atomic E-state index is 9.02. The molecule has 0 spiro atoms. The summed E-state index contributed by atoms with van der Waals surface area (Å²) in [6, 6.07) is 0. The maximum absolute atomic E-state index is 9.02. The van der Waals surface area contributed by atoms with Crippen molar-refractivity contribution in [3.05, 3.63) is 24.3 Å². The molecular weight excluding hydrogens is 180 g/mol. The third-order valence-electron chi connectivity index (χ3n) is 1.81. The number of hydrogen-bond acceptors (Lipinski definition) is 2. The smallest absolute Gasteiger partial charge is 0.0512 e. The predicted molar refractivity (Wildman–Crippen MR) is 62.2 cm³/mol. The molecule has 0 amide bonds. The van der Waals surface area contributed by atoms with Gasteiger partial charge in [0, 0.05) is 5.75 Å². The van der Waals surface area contributed by atoms with Crippen LogP contribution in [0.5, 0.6) is 0 Å². The second-order valence-electron chi connectivity index (χ2n) is 3.11. The molecule has 0 fully saturated rings. The van der Waals surface area contributed by atoms with E-state index in [0.29, 0.717) is 0 Å². The number of rotatable bonds is 7. The van der Waals surface area contributed by atoms with Crippen LogP contribution in [0.3, 0.4) is 0 Å².